The molecule has 0 amide bonds. The molecule has 2 aromatic carbocycles. The fraction of sp³-hybridized carbons (Fsp3) is 0.294. The zero-order valence-corrected chi connectivity index (χ0v) is 12.4. The molecule has 0 bridgehead atoms. The van der Waals surface area contributed by atoms with Crippen molar-refractivity contribution < 1.29 is 9.13 Å². The number of ether oxygens (including phenoxy) is 1. The fourth-order valence-corrected chi connectivity index (χ4v) is 3.10. The molecule has 0 aliphatic carbocycles. The van der Waals surface area contributed by atoms with Crippen molar-refractivity contribution in [1.29, 1.82) is 0 Å². The molecule has 1 aliphatic heterocycles. The van der Waals surface area contributed by atoms with Gasteiger partial charge in [-0.2, -0.15) is 0 Å². The van der Waals surface area contributed by atoms with Gasteiger partial charge in [-0.1, -0.05) is 35.9 Å². The molecule has 1 aliphatic rings. The number of benzene rings is 2. The Morgan fingerprint density at radius 2 is 2.00 bits per heavy atom. The van der Waals surface area contributed by atoms with E-state index < -0.39 is 0 Å². The van der Waals surface area contributed by atoms with Crippen LogP contribution >= 0.6 is 11.6 Å². The Bertz CT molecular complexity index is 641. The van der Waals surface area contributed by atoms with Crippen molar-refractivity contribution in [3.8, 4) is 5.75 Å². The molecule has 0 saturated heterocycles. The van der Waals surface area contributed by atoms with Crippen LogP contribution in [0.4, 0.5) is 4.39 Å². The van der Waals surface area contributed by atoms with Crippen LogP contribution in [0.2, 0.25) is 5.02 Å². The first kappa shape index (κ1) is 14.4. The second kappa shape index (κ2) is 5.66. The van der Waals surface area contributed by atoms with Crippen molar-refractivity contribution in [1.82, 2.24) is 0 Å². The Labute approximate surface area is 128 Å². The molecule has 3 rings (SSSR count). The van der Waals surface area contributed by atoms with Crippen LogP contribution in [-0.4, -0.2) is 13.2 Å². The number of halogens is 2. The van der Waals surface area contributed by atoms with Crippen LogP contribution < -0.4 is 10.5 Å². The molecule has 0 radical (unpaired) electrons. The summed E-state index contributed by atoms with van der Waals surface area (Å²) in [6.45, 7) is 0.900. The first-order valence-electron chi connectivity index (χ1n) is 6.97. The maximum absolute atomic E-state index is 14.0. The minimum absolute atomic E-state index is 0.283. The summed E-state index contributed by atoms with van der Waals surface area (Å²) in [5, 5.41) is 0.446. The van der Waals surface area contributed by atoms with E-state index in [9.17, 15) is 4.39 Å². The van der Waals surface area contributed by atoms with Crippen molar-refractivity contribution in [2.24, 2.45) is 11.1 Å². The molecular formula is C17H17ClFNO. The van der Waals surface area contributed by atoms with Crippen LogP contribution in [0.15, 0.2) is 42.5 Å². The molecule has 0 saturated carbocycles. The van der Waals surface area contributed by atoms with Gasteiger partial charge in [-0.05, 0) is 36.6 Å². The van der Waals surface area contributed by atoms with Gasteiger partial charge in [0.25, 0.3) is 0 Å². The van der Waals surface area contributed by atoms with E-state index in [2.05, 4.69) is 0 Å². The summed E-state index contributed by atoms with van der Waals surface area (Å²) in [6, 6.07) is 12.7. The average molecular weight is 306 g/mol. The summed E-state index contributed by atoms with van der Waals surface area (Å²) in [6.07, 6.45) is 1.24. The molecular weight excluding hydrogens is 289 g/mol. The zero-order chi connectivity index (χ0) is 14.9. The van der Waals surface area contributed by atoms with Gasteiger partial charge in [0.2, 0.25) is 0 Å². The number of para-hydroxylation sites is 1. The van der Waals surface area contributed by atoms with Crippen LogP contribution in [0.3, 0.4) is 0 Å². The highest BCUT2D eigenvalue weighted by molar-refractivity contribution is 6.31. The van der Waals surface area contributed by atoms with E-state index in [0.717, 1.165) is 17.7 Å². The summed E-state index contributed by atoms with van der Waals surface area (Å²) in [4.78, 5) is 0. The number of hydrogen-bond donors (Lipinski definition) is 1. The molecule has 2 nitrogen and oxygen atoms in total. The summed E-state index contributed by atoms with van der Waals surface area (Å²) in [7, 11) is 0. The molecule has 0 fully saturated rings. The molecule has 0 aromatic heterocycles. The van der Waals surface area contributed by atoms with E-state index in [1.54, 1.807) is 12.1 Å². The van der Waals surface area contributed by atoms with Gasteiger partial charge in [-0.15, -0.1) is 0 Å². The van der Waals surface area contributed by atoms with Gasteiger partial charge < -0.3 is 10.5 Å². The summed E-state index contributed by atoms with van der Waals surface area (Å²) < 4.78 is 19.9. The van der Waals surface area contributed by atoms with E-state index >= 15 is 0 Å². The lowest BCUT2D eigenvalue weighted by molar-refractivity contribution is 0.125. The molecule has 110 valence electrons. The quantitative estimate of drug-likeness (QED) is 0.940. The number of rotatable bonds is 3. The zero-order valence-electron chi connectivity index (χ0n) is 11.6. The minimum Gasteiger partial charge on any atom is -0.493 e. The molecule has 21 heavy (non-hydrogen) atoms. The van der Waals surface area contributed by atoms with Gasteiger partial charge in [-0.25, -0.2) is 4.39 Å². The third kappa shape index (κ3) is 2.76. The van der Waals surface area contributed by atoms with Crippen molar-refractivity contribution in [3.05, 3.63) is 64.4 Å². The largest absolute Gasteiger partial charge is 0.493 e. The van der Waals surface area contributed by atoms with Crippen molar-refractivity contribution >= 4 is 11.6 Å². The predicted molar refractivity (Wildman–Crippen MR) is 82.2 cm³/mol. The van der Waals surface area contributed by atoms with E-state index in [-0.39, 0.29) is 11.2 Å². The van der Waals surface area contributed by atoms with Gasteiger partial charge in [0, 0.05) is 22.5 Å². The summed E-state index contributed by atoms with van der Waals surface area (Å²) in [5.74, 6) is 0.607. The molecule has 2 N–H and O–H groups in total. The summed E-state index contributed by atoms with van der Waals surface area (Å²) in [5.41, 5.74) is 7.31. The first-order chi connectivity index (χ1) is 10.1. The Kier molecular flexibility index (Phi) is 3.87. The van der Waals surface area contributed by atoms with Crippen LogP contribution in [0.1, 0.15) is 11.1 Å². The average Bonchev–Trinajstić information content (AvgIpc) is 2.51. The van der Waals surface area contributed by atoms with Crippen LogP contribution in [-0.2, 0) is 12.8 Å². The lowest BCUT2D eigenvalue weighted by Gasteiger charge is -2.37. The predicted octanol–water partition coefficient (Wildman–Crippen LogP) is 3.60. The van der Waals surface area contributed by atoms with Gasteiger partial charge in [0.15, 0.2) is 0 Å². The Hall–Kier alpha value is -1.58. The van der Waals surface area contributed by atoms with E-state index in [4.69, 9.17) is 22.1 Å². The molecule has 2 aromatic rings. The summed E-state index contributed by atoms with van der Waals surface area (Å²) >= 11 is 6.15. The normalized spacial score (nSPS) is 20.7. The second-order valence-electron chi connectivity index (χ2n) is 5.65. The third-order valence-electron chi connectivity index (χ3n) is 4.12. The molecule has 0 spiro atoms. The third-order valence-corrected chi connectivity index (χ3v) is 4.47. The Balaban J connectivity index is 1.93. The molecule has 1 heterocycles. The van der Waals surface area contributed by atoms with E-state index in [1.807, 2.05) is 24.3 Å². The van der Waals surface area contributed by atoms with Crippen molar-refractivity contribution in [2.45, 2.75) is 12.8 Å². The van der Waals surface area contributed by atoms with Gasteiger partial charge in [-0.3, -0.25) is 0 Å². The standard InChI is InChI=1S/C17H17ClFNO/c18-14-5-3-6-15(19)13(14)9-17(10-20)8-12-4-1-2-7-16(12)21-11-17/h1-7H,8-11,20H2. The van der Waals surface area contributed by atoms with Crippen LogP contribution in [0, 0.1) is 11.2 Å². The Morgan fingerprint density at radius 1 is 1.19 bits per heavy atom. The van der Waals surface area contributed by atoms with Gasteiger partial charge in [0.1, 0.15) is 11.6 Å². The lowest BCUT2D eigenvalue weighted by Crippen LogP contribution is -2.43. The highest BCUT2D eigenvalue weighted by Crippen LogP contribution is 2.38. The molecule has 4 heteroatoms. The van der Waals surface area contributed by atoms with E-state index in [1.165, 1.54) is 6.07 Å². The van der Waals surface area contributed by atoms with E-state index in [0.29, 0.717) is 30.2 Å². The highest BCUT2D eigenvalue weighted by atomic mass is 35.5. The maximum atomic E-state index is 14.0. The van der Waals surface area contributed by atoms with Crippen molar-refractivity contribution in [3.63, 3.8) is 0 Å². The van der Waals surface area contributed by atoms with Gasteiger partial charge >= 0.3 is 0 Å². The number of nitrogens with two attached hydrogens (primary N) is 1. The van der Waals surface area contributed by atoms with Crippen molar-refractivity contribution in [2.75, 3.05) is 13.2 Å². The lowest BCUT2D eigenvalue weighted by atomic mass is 9.75. The number of hydrogen-bond acceptors (Lipinski definition) is 2. The topological polar surface area (TPSA) is 35.2 Å². The van der Waals surface area contributed by atoms with Gasteiger partial charge in [0.05, 0.1) is 6.61 Å². The molecule has 1 unspecified atom stereocenters. The fourth-order valence-electron chi connectivity index (χ4n) is 2.87. The molecule has 1 atom stereocenters. The highest BCUT2D eigenvalue weighted by Gasteiger charge is 2.36. The monoisotopic (exact) mass is 305 g/mol. The first-order valence-corrected chi connectivity index (χ1v) is 7.35. The van der Waals surface area contributed by atoms with Crippen LogP contribution in [0.25, 0.3) is 0 Å². The number of fused-ring (bicyclic) bond motifs is 1. The maximum Gasteiger partial charge on any atom is 0.127 e. The van der Waals surface area contributed by atoms with Crippen LogP contribution in [0.5, 0.6) is 5.75 Å². The SMILES string of the molecule is NCC1(Cc2c(F)cccc2Cl)COc2ccccc2C1. The smallest absolute Gasteiger partial charge is 0.127 e. The Morgan fingerprint density at radius 3 is 2.76 bits per heavy atom. The minimum atomic E-state index is -0.319. The second-order valence-corrected chi connectivity index (χ2v) is 6.06.